The van der Waals surface area contributed by atoms with Crippen LogP contribution in [0.25, 0.3) is 0 Å². The van der Waals surface area contributed by atoms with Crippen molar-refractivity contribution in [3.05, 3.63) is 30.3 Å². The molecule has 2 fully saturated rings. The normalized spacial score (nSPS) is 25.0. The van der Waals surface area contributed by atoms with Gasteiger partial charge in [-0.25, -0.2) is 0 Å². The van der Waals surface area contributed by atoms with Gasteiger partial charge in [0.15, 0.2) is 0 Å². The topological polar surface area (TPSA) is 43.8 Å². The molecule has 1 atom stereocenters. The van der Waals surface area contributed by atoms with Gasteiger partial charge in [-0.15, -0.1) is 0 Å². The van der Waals surface area contributed by atoms with Crippen LogP contribution >= 0.6 is 0 Å². The number of anilines is 1. The van der Waals surface area contributed by atoms with E-state index in [0.717, 1.165) is 39.0 Å². The van der Waals surface area contributed by atoms with Gasteiger partial charge in [-0.2, -0.15) is 0 Å². The van der Waals surface area contributed by atoms with Crippen molar-refractivity contribution in [2.24, 2.45) is 5.92 Å². The lowest BCUT2D eigenvalue weighted by molar-refractivity contribution is -0.143. The zero-order valence-corrected chi connectivity index (χ0v) is 11.7. The van der Waals surface area contributed by atoms with E-state index in [2.05, 4.69) is 34.1 Å². The minimum Gasteiger partial charge on any atom is -0.481 e. The molecule has 0 spiro atoms. The van der Waals surface area contributed by atoms with Gasteiger partial charge in [-0.3, -0.25) is 9.69 Å². The first-order valence-electron chi connectivity index (χ1n) is 7.51. The third-order valence-corrected chi connectivity index (χ3v) is 4.68. The van der Waals surface area contributed by atoms with Crippen LogP contribution in [0.4, 0.5) is 5.69 Å². The molecule has 2 aliphatic heterocycles. The molecular formula is C16H22N2O2. The monoisotopic (exact) mass is 274 g/mol. The summed E-state index contributed by atoms with van der Waals surface area (Å²) in [7, 11) is 0. The second kappa shape index (κ2) is 5.83. The summed E-state index contributed by atoms with van der Waals surface area (Å²) in [6, 6.07) is 11.1. The molecule has 20 heavy (non-hydrogen) atoms. The Hall–Kier alpha value is -1.55. The van der Waals surface area contributed by atoms with E-state index in [1.807, 2.05) is 6.07 Å². The van der Waals surface area contributed by atoms with Crippen LogP contribution in [0, 0.1) is 5.92 Å². The van der Waals surface area contributed by atoms with E-state index in [1.54, 1.807) is 0 Å². The summed E-state index contributed by atoms with van der Waals surface area (Å²) in [5, 5.41) is 9.05. The molecule has 1 aromatic rings. The lowest BCUT2D eigenvalue weighted by Crippen LogP contribution is -2.44. The number of carbonyl (C=O) groups is 1. The van der Waals surface area contributed by atoms with Crippen LogP contribution in [0.3, 0.4) is 0 Å². The Morgan fingerprint density at radius 2 is 1.75 bits per heavy atom. The van der Waals surface area contributed by atoms with Crippen molar-refractivity contribution in [3.8, 4) is 0 Å². The van der Waals surface area contributed by atoms with E-state index < -0.39 is 5.97 Å². The van der Waals surface area contributed by atoms with Gasteiger partial charge in [0.1, 0.15) is 0 Å². The van der Waals surface area contributed by atoms with Crippen LogP contribution in [0.2, 0.25) is 0 Å². The van der Waals surface area contributed by atoms with E-state index in [0.29, 0.717) is 6.04 Å². The first-order chi connectivity index (χ1) is 9.74. The molecule has 0 saturated carbocycles. The Bertz CT molecular complexity index is 455. The average molecular weight is 274 g/mol. The van der Waals surface area contributed by atoms with Gasteiger partial charge in [0.05, 0.1) is 5.92 Å². The number of para-hydroxylation sites is 1. The van der Waals surface area contributed by atoms with Gasteiger partial charge in [0.25, 0.3) is 0 Å². The van der Waals surface area contributed by atoms with Crippen molar-refractivity contribution in [1.82, 2.24) is 4.90 Å². The highest BCUT2D eigenvalue weighted by Crippen LogP contribution is 2.26. The molecular weight excluding hydrogens is 252 g/mol. The number of carboxylic acids is 1. The number of benzene rings is 1. The minimum atomic E-state index is -0.623. The quantitative estimate of drug-likeness (QED) is 0.916. The van der Waals surface area contributed by atoms with E-state index >= 15 is 0 Å². The lowest BCUT2D eigenvalue weighted by Gasteiger charge is -2.34. The summed E-state index contributed by atoms with van der Waals surface area (Å²) in [6.45, 7) is 4.05. The van der Waals surface area contributed by atoms with Crippen LogP contribution in [-0.4, -0.2) is 48.2 Å². The van der Waals surface area contributed by atoms with Crippen molar-refractivity contribution >= 4 is 11.7 Å². The fourth-order valence-corrected chi connectivity index (χ4v) is 3.42. The van der Waals surface area contributed by atoms with Gasteiger partial charge >= 0.3 is 5.97 Å². The van der Waals surface area contributed by atoms with Crippen molar-refractivity contribution in [1.29, 1.82) is 0 Å². The van der Waals surface area contributed by atoms with Crippen LogP contribution in [-0.2, 0) is 4.79 Å². The maximum absolute atomic E-state index is 11.0. The summed E-state index contributed by atoms with van der Waals surface area (Å²) in [4.78, 5) is 15.9. The molecule has 0 radical (unpaired) electrons. The molecule has 0 bridgehead atoms. The second-order valence-corrected chi connectivity index (χ2v) is 5.87. The summed E-state index contributed by atoms with van der Waals surface area (Å²) in [5.74, 6) is -0.750. The highest BCUT2D eigenvalue weighted by atomic mass is 16.4. The summed E-state index contributed by atoms with van der Waals surface area (Å²) in [5.41, 5.74) is 1.30. The number of hydrogen-bond acceptors (Lipinski definition) is 3. The summed E-state index contributed by atoms with van der Waals surface area (Å²) >= 11 is 0. The van der Waals surface area contributed by atoms with Crippen LogP contribution in [0.5, 0.6) is 0 Å². The number of hydrogen-bond donors (Lipinski definition) is 1. The first-order valence-corrected chi connectivity index (χ1v) is 7.51. The molecule has 2 saturated heterocycles. The van der Waals surface area contributed by atoms with E-state index in [1.165, 1.54) is 12.1 Å². The molecule has 2 aliphatic rings. The molecule has 0 amide bonds. The Labute approximate surface area is 120 Å². The predicted octanol–water partition coefficient (Wildman–Crippen LogP) is 2.06. The van der Waals surface area contributed by atoms with Crippen LogP contribution < -0.4 is 4.90 Å². The number of nitrogens with zero attached hydrogens (tertiary/aromatic N) is 2. The molecule has 1 N–H and O–H groups in total. The summed E-state index contributed by atoms with van der Waals surface area (Å²) < 4.78 is 0. The number of aliphatic carboxylic acids is 1. The van der Waals surface area contributed by atoms with Gasteiger partial charge in [-0.05, 0) is 44.5 Å². The van der Waals surface area contributed by atoms with Gasteiger partial charge in [0, 0.05) is 24.8 Å². The average Bonchev–Trinajstić information content (AvgIpc) is 2.98. The first kappa shape index (κ1) is 13.4. The molecule has 1 unspecified atom stereocenters. The molecule has 108 valence electrons. The zero-order chi connectivity index (χ0) is 13.9. The molecule has 3 rings (SSSR count). The van der Waals surface area contributed by atoms with Crippen molar-refractivity contribution in [2.45, 2.75) is 25.3 Å². The molecule has 1 aromatic carbocycles. The highest BCUT2D eigenvalue weighted by molar-refractivity contribution is 5.70. The fourth-order valence-electron chi connectivity index (χ4n) is 3.42. The fraction of sp³-hybridized carbons (Fsp3) is 0.562. The standard InChI is InChI=1S/C16H22N2O2/c19-16(20)13-6-9-17(10-7-13)15-8-11-18(12-15)14-4-2-1-3-5-14/h1-5,13,15H,6-12H2,(H,19,20). The number of piperidine rings is 1. The zero-order valence-electron chi connectivity index (χ0n) is 11.7. The molecule has 4 nitrogen and oxygen atoms in total. The smallest absolute Gasteiger partial charge is 0.306 e. The maximum atomic E-state index is 11.0. The largest absolute Gasteiger partial charge is 0.481 e. The van der Waals surface area contributed by atoms with Gasteiger partial charge in [0.2, 0.25) is 0 Å². The van der Waals surface area contributed by atoms with E-state index in [9.17, 15) is 4.79 Å². The molecule has 2 heterocycles. The number of rotatable bonds is 3. The lowest BCUT2D eigenvalue weighted by atomic mass is 9.96. The van der Waals surface area contributed by atoms with Gasteiger partial charge < -0.3 is 10.0 Å². The van der Waals surface area contributed by atoms with Crippen molar-refractivity contribution < 1.29 is 9.90 Å². The minimum absolute atomic E-state index is 0.127. The van der Waals surface area contributed by atoms with E-state index in [-0.39, 0.29) is 5.92 Å². The Morgan fingerprint density at radius 1 is 1.05 bits per heavy atom. The predicted molar refractivity (Wildman–Crippen MR) is 79.0 cm³/mol. The third kappa shape index (κ3) is 2.80. The Balaban J connectivity index is 1.55. The molecule has 4 heteroatoms. The third-order valence-electron chi connectivity index (χ3n) is 4.68. The van der Waals surface area contributed by atoms with E-state index in [4.69, 9.17) is 5.11 Å². The Kier molecular flexibility index (Phi) is 3.92. The number of likely N-dealkylation sites (tertiary alicyclic amines) is 1. The van der Waals surface area contributed by atoms with Crippen LogP contribution in [0.1, 0.15) is 19.3 Å². The van der Waals surface area contributed by atoms with Crippen molar-refractivity contribution in [2.75, 3.05) is 31.1 Å². The van der Waals surface area contributed by atoms with Crippen molar-refractivity contribution in [3.63, 3.8) is 0 Å². The SMILES string of the molecule is O=C(O)C1CCN(C2CCN(c3ccccc3)C2)CC1. The summed E-state index contributed by atoms with van der Waals surface area (Å²) in [6.07, 6.45) is 2.79. The van der Waals surface area contributed by atoms with Gasteiger partial charge in [-0.1, -0.05) is 18.2 Å². The Morgan fingerprint density at radius 3 is 2.40 bits per heavy atom. The molecule has 0 aromatic heterocycles. The number of carboxylic acid groups (broad SMARTS) is 1. The maximum Gasteiger partial charge on any atom is 0.306 e. The second-order valence-electron chi connectivity index (χ2n) is 5.87. The van der Waals surface area contributed by atoms with Crippen LogP contribution in [0.15, 0.2) is 30.3 Å². The molecule has 0 aliphatic carbocycles. The highest BCUT2D eigenvalue weighted by Gasteiger charge is 2.32.